The maximum Gasteiger partial charge on any atom is 0.259 e. The fourth-order valence-electron chi connectivity index (χ4n) is 2.07. The van der Waals surface area contributed by atoms with E-state index in [0.29, 0.717) is 17.0 Å². The number of H-pyrrole nitrogens is 1. The van der Waals surface area contributed by atoms with E-state index >= 15 is 0 Å². The first kappa shape index (κ1) is 14.3. The molecule has 3 aromatic heterocycles. The molecule has 3 rings (SSSR count). The minimum atomic E-state index is -0.0607. The molecule has 0 aliphatic heterocycles. The Balaban J connectivity index is 1.90. The lowest BCUT2D eigenvalue weighted by atomic mass is 10.2. The molecule has 0 aliphatic rings. The van der Waals surface area contributed by atoms with Crippen molar-refractivity contribution in [3.8, 4) is 0 Å². The van der Waals surface area contributed by atoms with Crippen LogP contribution < -0.4 is 5.56 Å². The minimum Gasteiger partial charge on any atom is -0.309 e. The van der Waals surface area contributed by atoms with Crippen molar-refractivity contribution in [1.82, 2.24) is 24.7 Å². The van der Waals surface area contributed by atoms with E-state index in [1.165, 1.54) is 11.8 Å². The number of aromatic nitrogens is 5. The quantitative estimate of drug-likeness (QED) is 0.747. The van der Waals surface area contributed by atoms with E-state index in [-0.39, 0.29) is 5.56 Å². The Morgan fingerprint density at radius 3 is 3.00 bits per heavy atom. The summed E-state index contributed by atoms with van der Waals surface area (Å²) in [6.07, 6.45) is 1.70. The summed E-state index contributed by atoms with van der Waals surface area (Å²) in [5.74, 6) is 1.24. The molecule has 6 nitrogen and oxygen atoms in total. The lowest BCUT2D eigenvalue weighted by Crippen LogP contribution is -2.11. The van der Waals surface area contributed by atoms with Gasteiger partial charge in [-0.15, -0.1) is 21.5 Å². The molecule has 3 aromatic rings. The Labute approximate surface area is 129 Å². The van der Waals surface area contributed by atoms with Crippen LogP contribution in [0.3, 0.4) is 0 Å². The summed E-state index contributed by atoms with van der Waals surface area (Å²) in [5.41, 5.74) is 0.961. The van der Waals surface area contributed by atoms with Gasteiger partial charge in [0, 0.05) is 11.4 Å². The fourth-order valence-corrected chi connectivity index (χ4v) is 3.97. The van der Waals surface area contributed by atoms with Crippen molar-refractivity contribution in [1.29, 1.82) is 0 Å². The number of aryl methyl sites for hydroxylation is 3. The average Bonchev–Trinajstić information content (AvgIpc) is 3.02. The van der Waals surface area contributed by atoms with Gasteiger partial charge in [-0.1, -0.05) is 11.8 Å². The van der Waals surface area contributed by atoms with Crippen molar-refractivity contribution in [3.63, 3.8) is 0 Å². The van der Waals surface area contributed by atoms with Gasteiger partial charge in [0.2, 0.25) is 0 Å². The molecule has 0 spiro atoms. The lowest BCUT2D eigenvalue weighted by molar-refractivity contribution is 0.681. The van der Waals surface area contributed by atoms with Gasteiger partial charge < -0.3 is 9.55 Å². The summed E-state index contributed by atoms with van der Waals surface area (Å²) in [6.45, 7) is 6.83. The van der Waals surface area contributed by atoms with E-state index in [0.717, 1.165) is 27.0 Å². The first-order chi connectivity index (χ1) is 10.1. The number of nitrogens with one attached hydrogen (secondary N) is 1. The van der Waals surface area contributed by atoms with Gasteiger partial charge in [-0.3, -0.25) is 4.79 Å². The SMILES string of the molecule is CCn1cnnc1SCc1nc2sc(C)c(C)c2c(=O)[nH]1. The lowest BCUT2D eigenvalue weighted by Gasteiger charge is -2.02. The summed E-state index contributed by atoms with van der Waals surface area (Å²) >= 11 is 3.09. The molecule has 0 aromatic carbocycles. The molecular weight excluding hydrogens is 306 g/mol. The van der Waals surface area contributed by atoms with Crippen LogP contribution in [0.4, 0.5) is 0 Å². The summed E-state index contributed by atoms with van der Waals surface area (Å²) in [4.78, 5) is 21.6. The topological polar surface area (TPSA) is 76.5 Å². The van der Waals surface area contributed by atoms with Crippen LogP contribution in [-0.2, 0) is 12.3 Å². The van der Waals surface area contributed by atoms with Gasteiger partial charge in [0.1, 0.15) is 17.0 Å². The molecule has 0 unspecified atom stereocenters. The molecular formula is C13H15N5OS2. The zero-order valence-electron chi connectivity index (χ0n) is 12.0. The smallest absolute Gasteiger partial charge is 0.259 e. The largest absolute Gasteiger partial charge is 0.309 e. The molecule has 0 radical (unpaired) electrons. The first-order valence-corrected chi connectivity index (χ1v) is 8.39. The van der Waals surface area contributed by atoms with Crippen molar-refractivity contribution < 1.29 is 0 Å². The molecule has 0 saturated heterocycles. The van der Waals surface area contributed by atoms with Gasteiger partial charge in [0.05, 0.1) is 11.1 Å². The predicted molar refractivity (Wildman–Crippen MR) is 85.0 cm³/mol. The number of aromatic amines is 1. The molecule has 0 aliphatic carbocycles. The second-order valence-electron chi connectivity index (χ2n) is 4.66. The van der Waals surface area contributed by atoms with Gasteiger partial charge in [-0.05, 0) is 26.3 Å². The van der Waals surface area contributed by atoms with Crippen molar-refractivity contribution in [3.05, 3.63) is 32.9 Å². The van der Waals surface area contributed by atoms with Gasteiger partial charge in [0.25, 0.3) is 5.56 Å². The molecule has 1 N–H and O–H groups in total. The van der Waals surface area contributed by atoms with Crippen molar-refractivity contribution >= 4 is 33.3 Å². The highest BCUT2D eigenvalue weighted by Crippen LogP contribution is 2.26. The summed E-state index contributed by atoms with van der Waals surface area (Å²) in [5, 5.41) is 9.50. The van der Waals surface area contributed by atoms with E-state index in [1.54, 1.807) is 17.7 Å². The molecule has 0 saturated carbocycles. The number of nitrogens with zero attached hydrogens (tertiary/aromatic N) is 4. The molecule has 0 fully saturated rings. The number of hydrogen-bond acceptors (Lipinski definition) is 6. The third kappa shape index (κ3) is 2.60. The molecule has 0 atom stereocenters. The second kappa shape index (κ2) is 5.61. The summed E-state index contributed by atoms with van der Waals surface area (Å²) in [7, 11) is 0. The summed E-state index contributed by atoms with van der Waals surface area (Å²) in [6, 6.07) is 0. The van der Waals surface area contributed by atoms with Crippen LogP contribution in [-0.4, -0.2) is 24.7 Å². The van der Waals surface area contributed by atoms with E-state index in [9.17, 15) is 4.79 Å². The molecule has 0 amide bonds. The van der Waals surface area contributed by atoms with E-state index < -0.39 is 0 Å². The number of thiophene rings is 1. The highest BCUT2D eigenvalue weighted by atomic mass is 32.2. The van der Waals surface area contributed by atoms with E-state index in [2.05, 4.69) is 20.2 Å². The van der Waals surface area contributed by atoms with E-state index in [4.69, 9.17) is 0 Å². The third-order valence-electron chi connectivity index (χ3n) is 3.35. The molecule has 110 valence electrons. The maximum atomic E-state index is 12.2. The Kier molecular flexibility index (Phi) is 3.81. The summed E-state index contributed by atoms with van der Waals surface area (Å²) < 4.78 is 1.96. The Hall–Kier alpha value is -1.67. The predicted octanol–water partition coefficient (Wildman–Crippen LogP) is 2.51. The molecule has 3 heterocycles. The Morgan fingerprint density at radius 2 is 2.24 bits per heavy atom. The van der Waals surface area contributed by atoms with Crippen LogP contribution in [0.15, 0.2) is 16.3 Å². The molecule has 21 heavy (non-hydrogen) atoms. The van der Waals surface area contributed by atoms with Crippen LogP contribution in [0.1, 0.15) is 23.2 Å². The Bertz CT molecular complexity index is 848. The van der Waals surface area contributed by atoms with Gasteiger partial charge in [0.15, 0.2) is 5.16 Å². The van der Waals surface area contributed by atoms with Gasteiger partial charge in [-0.2, -0.15) is 0 Å². The highest BCUT2D eigenvalue weighted by Gasteiger charge is 2.12. The fraction of sp³-hybridized carbons (Fsp3) is 0.385. The standard InChI is InChI=1S/C13H15N5OS2/c1-4-18-6-14-17-13(18)20-5-9-15-11(19)10-7(2)8(3)21-12(10)16-9/h6H,4-5H2,1-3H3,(H,15,16,19). The van der Waals surface area contributed by atoms with Crippen molar-refractivity contribution in [2.75, 3.05) is 0 Å². The van der Waals surface area contributed by atoms with Crippen LogP contribution in [0.2, 0.25) is 0 Å². The van der Waals surface area contributed by atoms with Crippen LogP contribution >= 0.6 is 23.1 Å². The second-order valence-corrected chi connectivity index (χ2v) is 6.81. The van der Waals surface area contributed by atoms with Crippen LogP contribution in [0.5, 0.6) is 0 Å². The Morgan fingerprint density at radius 1 is 1.43 bits per heavy atom. The number of rotatable bonds is 4. The first-order valence-electron chi connectivity index (χ1n) is 6.59. The third-order valence-corrected chi connectivity index (χ3v) is 5.44. The number of thioether (sulfide) groups is 1. The monoisotopic (exact) mass is 321 g/mol. The van der Waals surface area contributed by atoms with Gasteiger partial charge >= 0.3 is 0 Å². The normalized spacial score (nSPS) is 11.4. The highest BCUT2D eigenvalue weighted by molar-refractivity contribution is 7.98. The molecule has 0 bridgehead atoms. The minimum absolute atomic E-state index is 0.0607. The van der Waals surface area contributed by atoms with E-state index in [1.807, 2.05) is 25.3 Å². The molecule has 8 heteroatoms. The van der Waals surface area contributed by atoms with Crippen molar-refractivity contribution in [2.45, 2.75) is 38.2 Å². The zero-order valence-corrected chi connectivity index (χ0v) is 13.6. The van der Waals surface area contributed by atoms with Crippen molar-refractivity contribution in [2.24, 2.45) is 0 Å². The zero-order chi connectivity index (χ0) is 15.0. The maximum absolute atomic E-state index is 12.2. The number of hydrogen-bond donors (Lipinski definition) is 1. The van der Waals surface area contributed by atoms with Crippen LogP contribution in [0.25, 0.3) is 10.2 Å². The van der Waals surface area contributed by atoms with Gasteiger partial charge in [-0.25, -0.2) is 4.98 Å². The number of fused-ring (bicyclic) bond motifs is 1. The van der Waals surface area contributed by atoms with Crippen LogP contribution in [0, 0.1) is 13.8 Å². The average molecular weight is 321 g/mol.